The number of pyridine rings is 3. The summed E-state index contributed by atoms with van der Waals surface area (Å²) in [6.45, 7) is 3.93. The van der Waals surface area contributed by atoms with Gasteiger partial charge in [-0.2, -0.15) is 0 Å². The average Bonchev–Trinajstić information content (AvgIpc) is 2.53. The minimum absolute atomic E-state index is 0.484. The molecule has 3 N–H and O–H groups in total. The first-order valence-corrected chi connectivity index (χ1v) is 7.24. The molecule has 0 amide bonds. The molecule has 3 heterocycles. The topological polar surface area (TPSA) is 84.9 Å². The third kappa shape index (κ3) is 2.63. The van der Waals surface area contributed by atoms with Crippen LogP contribution >= 0.6 is 0 Å². The molecular weight excluding hydrogens is 276 g/mol. The molecule has 0 aliphatic rings. The zero-order valence-electron chi connectivity index (χ0n) is 12.6. The highest BCUT2D eigenvalue weighted by atomic mass is 16.3. The van der Waals surface area contributed by atoms with Crippen molar-refractivity contribution in [1.82, 2.24) is 15.0 Å². The highest BCUT2D eigenvalue weighted by Gasteiger charge is 2.11. The number of fused-ring (bicyclic) bond motifs is 1. The summed E-state index contributed by atoms with van der Waals surface area (Å²) in [6, 6.07) is 5.69. The monoisotopic (exact) mass is 294 g/mol. The summed E-state index contributed by atoms with van der Waals surface area (Å²) in [7, 11) is 0. The van der Waals surface area contributed by atoms with Gasteiger partial charge in [-0.25, -0.2) is 4.98 Å². The molecule has 0 aliphatic carbocycles. The van der Waals surface area contributed by atoms with Gasteiger partial charge in [0.25, 0.3) is 0 Å². The van der Waals surface area contributed by atoms with Crippen molar-refractivity contribution in [2.75, 3.05) is 5.73 Å². The van der Waals surface area contributed by atoms with Gasteiger partial charge in [0.05, 0.1) is 17.5 Å². The summed E-state index contributed by atoms with van der Waals surface area (Å²) in [6.07, 6.45) is 5.42. The maximum atomic E-state index is 9.88. The number of hydrogen-bond donors (Lipinski definition) is 2. The third-order valence-electron chi connectivity index (χ3n) is 3.76. The minimum Gasteiger partial charge on any atom is -0.387 e. The van der Waals surface area contributed by atoms with Crippen LogP contribution < -0.4 is 5.73 Å². The van der Waals surface area contributed by atoms with Crippen LogP contribution in [0.15, 0.2) is 36.8 Å². The number of hydrogen-bond acceptors (Lipinski definition) is 5. The van der Waals surface area contributed by atoms with E-state index in [1.54, 1.807) is 24.7 Å². The van der Waals surface area contributed by atoms with E-state index in [1.807, 2.05) is 26.0 Å². The van der Waals surface area contributed by atoms with E-state index in [1.165, 1.54) is 0 Å². The van der Waals surface area contributed by atoms with Crippen LogP contribution in [0.1, 0.15) is 30.7 Å². The van der Waals surface area contributed by atoms with Crippen molar-refractivity contribution in [1.29, 1.82) is 0 Å². The van der Waals surface area contributed by atoms with E-state index in [4.69, 9.17) is 5.73 Å². The van der Waals surface area contributed by atoms with Gasteiger partial charge in [0.1, 0.15) is 5.82 Å². The highest BCUT2D eigenvalue weighted by Crippen LogP contribution is 2.26. The summed E-state index contributed by atoms with van der Waals surface area (Å²) in [4.78, 5) is 13.0. The molecular formula is C17H18N4O. The summed E-state index contributed by atoms with van der Waals surface area (Å²) < 4.78 is 0. The smallest absolute Gasteiger partial charge is 0.123 e. The SMILES string of the molecule is CCC(O)c1cc(C)c(-c2cc3cnc(N)cc3cn2)cn1. The number of aryl methyl sites for hydroxylation is 1. The Morgan fingerprint density at radius 2 is 1.77 bits per heavy atom. The first-order chi connectivity index (χ1) is 10.6. The van der Waals surface area contributed by atoms with Crippen LogP contribution in [0.2, 0.25) is 0 Å². The molecule has 0 bridgehead atoms. The Morgan fingerprint density at radius 3 is 2.50 bits per heavy atom. The quantitative estimate of drug-likeness (QED) is 0.775. The standard InChI is InChI=1S/C17H18N4O/c1-3-16(22)15-4-10(2)13(9-20-15)14-5-11-8-21-17(18)6-12(11)7-19-14/h4-9,16,22H,3H2,1-2H3,(H2,18,21). The third-order valence-corrected chi connectivity index (χ3v) is 3.76. The van der Waals surface area contributed by atoms with Crippen LogP contribution in [0.4, 0.5) is 5.82 Å². The van der Waals surface area contributed by atoms with Gasteiger partial charge in [-0.15, -0.1) is 0 Å². The normalized spacial score (nSPS) is 12.5. The van der Waals surface area contributed by atoms with Gasteiger partial charge < -0.3 is 10.8 Å². The molecule has 0 saturated heterocycles. The van der Waals surface area contributed by atoms with Crippen molar-refractivity contribution in [3.8, 4) is 11.3 Å². The number of aromatic nitrogens is 3. The Bertz CT molecular complexity index is 832. The highest BCUT2D eigenvalue weighted by molar-refractivity contribution is 5.86. The van der Waals surface area contributed by atoms with E-state index in [0.29, 0.717) is 17.9 Å². The number of rotatable bonds is 3. The van der Waals surface area contributed by atoms with E-state index in [9.17, 15) is 5.11 Å². The second-order valence-electron chi connectivity index (χ2n) is 5.37. The molecule has 0 saturated carbocycles. The van der Waals surface area contributed by atoms with Gasteiger partial charge in [-0.1, -0.05) is 6.92 Å². The number of nitrogen functional groups attached to an aromatic ring is 1. The van der Waals surface area contributed by atoms with E-state index >= 15 is 0 Å². The maximum absolute atomic E-state index is 9.88. The fourth-order valence-corrected chi connectivity index (χ4v) is 2.44. The number of anilines is 1. The molecule has 0 radical (unpaired) electrons. The van der Waals surface area contributed by atoms with Crippen molar-refractivity contribution in [2.45, 2.75) is 26.4 Å². The molecule has 0 aromatic carbocycles. The van der Waals surface area contributed by atoms with E-state index in [2.05, 4.69) is 15.0 Å². The van der Waals surface area contributed by atoms with Crippen molar-refractivity contribution in [3.63, 3.8) is 0 Å². The Balaban J connectivity index is 2.05. The predicted molar refractivity (Wildman–Crippen MR) is 87.2 cm³/mol. The molecule has 22 heavy (non-hydrogen) atoms. The minimum atomic E-state index is -0.524. The number of nitrogens with two attached hydrogens (primary N) is 1. The Kier molecular flexibility index (Phi) is 3.73. The lowest BCUT2D eigenvalue weighted by Gasteiger charge is -2.11. The van der Waals surface area contributed by atoms with Crippen LogP contribution in [0.25, 0.3) is 22.0 Å². The largest absolute Gasteiger partial charge is 0.387 e. The zero-order chi connectivity index (χ0) is 15.7. The molecule has 0 spiro atoms. The molecule has 0 fully saturated rings. The van der Waals surface area contributed by atoms with E-state index in [0.717, 1.165) is 27.6 Å². The van der Waals surface area contributed by atoms with Gasteiger partial charge in [0.15, 0.2) is 0 Å². The zero-order valence-corrected chi connectivity index (χ0v) is 12.6. The van der Waals surface area contributed by atoms with Crippen LogP contribution in [0.5, 0.6) is 0 Å². The predicted octanol–water partition coefficient (Wildman–Crippen LogP) is 3.03. The summed E-state index contributed by atoms with van der Waals surface area (Å²) >= 11 is 0. The van der Waals surface area contributed by atoms with Gasteiger partial charge in [-0.3, -0.25) is 9.97 Å². The van der Waals surface area contributed by atoms with Gasteiger partial charge in [-0.05, 0) is 37.1 Å². The van der Waals surface area contributed by atoms with E-state index < -0.39 is 6.10 Å². The molecule has 3 rings (SSSR count). The molecule has 1 atom stereocenters. The van der Waals surface area contributed by atoms with Gasteiger partial charge in [0, 0.05) is 34.9 Å². The van der Waals surface area contributed by atoms with Gasteiger partial charge >= 0.3 is 0 Å². The van der Waals surface area contributed by atoms with Crippen LogP contribution in [-0.2, 0) is 0 Å². The van der Waals surface area contributed by atoms with Crippen molar-refractivity contribution < 1.29 is 5.11 Å². The second-order valence-corrected chi connectivity index (χ2v) is 5.37. The fraction of sp³-hybridized carbons (Fsp3) is 0.235. The molecule has 3 aromatic heterocycles. The molecule has 0 aliphatic heterocycles. The molecule has 112 valence electrons. The fourth-order valence-electron chi connectivity index (χ4n) is 2.44. The van der Waals surface area contributed by atoms with Crippen LogP contribution in [-0.4, -0.2) is 20.1 Å². The van der Waals surface area contributed by atoms with Crippen molar-refractivity contribution >= 4 is 16.6 Å². The van der Waals surface area contributed by atoms with Crippen LogP contribution in [0, 0.1) is 6.92 Å². The number of aliphatic hydroxyl groups is 1. The second kappa shape index (κ2) is 5.69. The Hall–Kier alpha value is -2.53. The summed E-state index contributed by atoms with van der Waals surface area (Å²) in [5.41, 5.74) is 9.20. The first kappa shape index (κ1) is 14.4. The van der Waals surface area contributed by atoms with Crippen LogP contribution in [0.3, 0.4) is 0 Å². The molecule has 5 nitrogen and oxygen atoms in total. The number of nitrogens with zero attached hydrogens (tertiary/aromatic N) is 3. The average molecular weight is 294 g/mol. The molecule has 3 aromatic rings. The number of aliphatic hydroxyl groups excluding tert-OH is 1. The maximum Gasteiger partial charge on any atom is 0.123 e. The summed E-state index contributed by atoms with van der Waals surface area (Å²) in [5, 5.41) is 11.8. The van der Waals surface area contributed by atoms with Crippen molar-refractivity contribution in [2.24, 2.45) is 0 Å². The molecule has 5 heteroatoms. The van der Waals surface area contributed by atoms with Crippen molar-refractivity contribution in [3.05, 3.63) is 48.0 Å². The lowest BCUT2D eigenvalue weighted by atomic mass is 10.0. The van der Waals surface area contributed by atoms with Gasteiger partial charge in [0.2, 0.25) is 0 Å². The first-order valence-electron chi connectivity index (χ1n) is 7.24. The van der Waals surface area contributed by atoms with E-state index in [-0.39, 0.29) is 0 Å². The lowest BCUT2D eigenvalue weighted by molar-refractivity contribution is 0.169. The molecule has 1 unspecified atom stereocenters. The lowest BCUT2D eigenvalue weighted by Crippen LogP contribution is -2.00. The Morgan fingerprint density at radius 1 is 1.05 bits per heavy atom. The Labute approximate surface area is 128 Å². The summed E-state index contributed by atoms with van der Waals surface area (Å²) in [5.74, 6) is 0.484.